The number of halogens is 1. The van der Waals surface area contributed by atoms with Crippen LogP contribution >= 0.6 is 15.9 Å². The van der Waals surface area contributed by atoms with E-state index in [0.29, 0.717) is 21.5 Å². The summed E-state index contributed by atoms with van der Waals surface area (Å²) in [6.45, 7) is 1.76. The van der Waals surface area contributed by atoms with E-state index < -0.39 is 0 Å². The lowest BCUT2D eigenvalue weighted by molar-refractivity contribution is 0.269. The van der Waals surface area contributed by atoms with Gasteiger partial charge in [-0.1, -0.05) is 6.92 Å². The molecule has 0 aliphatic carbocycles. The molecule has 0 amide bonds. The monoisotopic (exact) mass is 290 g/mol. The predicted octanol–water partition coefficient (Wildman–Crippen LogP) is 2.27. The molecule has 0 aliphatic heterocycles. The summed E-state index contributed by atoms with van der Waals surface area (Å²) in [6, 6.07) is 1.48. The van der Waals surface area contributed by atoms with Crippen LogP contribution in [0.15, 0.2) is 10.5 Å². The quantitative estimate of drug-likeness (QED) is 0.893. The third kappa shape index (κ3) is 2.25. The van der Waals surface area contributed by atoms with E-state index in [1.54, 1.807) is 0 Å². The summed E-state index contributed by atoms with van der Waals surface area (Å²) in [6.07, 6.45) is 0. The van der Waals surface area contributed by atoms with Crippen LogP contribution in [0.3, 0.4) is 0 Å². The molecular weight excluding hydrogens is 276 g/mol. The van der Waals surface area contributed by atoms with Crippen LogP contribution in [0.1, 0.15) is 18.4 Å². The van der Waals surface area contributed by atoms with Gasteiger partial charge in [-0.05, 0) is 15.9 Å². The van der Waals surface area contributed by atoms with Gasteiger partial charge < -0.3 is 19.7 Å². The van der Waals surface area contributed by atoms with Gasteiger partial charge in [0.25, 0.3) is 0 Å². The molecule has 1 aromatic rings. The van der Waals surface area contributed by atoms with Crippen molar-refractivity contribution in [2.24, 2.45) is 0 Å². The van der Waals surface area contributed by atoms with Crippen molar-refractivity contribution in [3.05, 3.63) is 16.1 Å². The molecule has 1 unspecified atom stereocenters. The highest BCUT2D eigenvalue weighted by molar-refractivity contribution is 9.10. The SMILES string of the molecule is COc1cc(O)c(C(C)CO)c(Br)c1OC. The normalized spacial score (nSPS) is 12.3. The van der Waals surface area contributed by atoms with Crippen molar-refractivity contribution in [2.45, 2.75) is 12.8 Å². The van der Waals surface area contributed by atoms with Crippen LogP contribution in [0.2, 0.25) is 0 Å². The lowest BCUT2D eigenvalue weighted by Crippen LogP contribution is -2.03. The lowest BCUT2D eigenvalue weighted by Gasteiger charge is -2.17. The molecule has 0 radical (unpaired) electrons. The van der Waals surface area contributed by atoms with Crippen molar-refractivity contribution in [3.63, 3.8) is 0 Å². The van der Waals surface area contributed by atoms with Gasteiger partial charge in [-0.15, -0.1) is 0 Å². The second kappa shape index (κ2) is 5.41. The first-order valence-corrected chi connectivity index (χ1v) is 5.60. The number of aliphatic hydroxyl groups is 1. The van der Waals surface area contributed by atoms with E-state index in [0.717, 1.165) is 0 Å². The summed E-state index contributed by atoms with van der Waals surface area (Å²) >= 11 is 3.35. The van der Waals surface area contributed by atoms with Crippen molar-refractivity contribution in [2.75, 3.05) is 20.8 Å². The van der Waals surface area contributed by atoms with Crippen LogP contribution in [-0.4, -0.2) is 31.0 Å². The third-order valence-electron chi connectivity index (χ3n) is 2.39. The number of aromatic hydroxyl groups is 1. The summed E-state index contributed by atoms with van der Waals surface area (Å²) in [5, 5.41) is 19.0. The molecule has 0 aliphatic rings. The van der Waals surface area contributed by atoms with Crippen molar-refractivity contribution < 1.29 is 19.7 Å². The first kappa shape index (κ1) is 13.1. The van der Waals surface area contributed by atoms with E-state index in [-0.39, 0.29) is 18.3 Å². The summed E-state index contributed by atoms with van der Waals surface area (Å²) in [7, 11) is 3.02. The molecule has 90 valence electrons. The van der Waals surface area contributed by atoms with Gasteiger partial charge in [0, 0.05) is 24.2 Å². The van der Waals surface area contributed by atoms with Crippen molar-refractivity contribution in [3.8, 4) is 17.2 Å². The maximum Gasteiger partial charge on any atom is 0.175 e. The minimum absolute atomic E-state index is 0.0539. The fourth-order valence-corrected chi connectivity index (χ4v) is 2.46. The third-order valence-corrected chi connectivity index (χ3v) is 3.18. The van der Waals surface area contributed by atoms with Crippen molar-refractivity contribution in [1.82, 2.24) is 0 Å². The minimum atomic E-state index is -0.186. The minimum Gasteiger partial charge on any atom is -0.507 e. The Bertz CT molecular complexity index is 379. The van der Waals surface area contributed by atoms with Gasteiger partial charge in [-0.2, -0.15) is 0 Å². The lowest BCUT2D eigenvalue weighted by atomic mass is 10.0. The first-order valence-electron chi connectivity index (χ1n) is 4.81. The summed E-state index contributed by atoms with van der Waals surface area (Å²) in [5.74, 6) is 0.844. The Kier molecular flexibility index (Phi) is 4.44. The summed E-state index contributed by atoms with van der Waals surface area (Å²) < 4.78 is 10.9. The van der Waals surface area contributed by atoms with Gasteiger partial charge in [0.2, 0.25) is 0 Å². The Hall–Kier alpha value is -0.940. The Labute approximate surface area is 103 Å². The molecule has 1 aromatic carbocycles. The van der Waals surface area contributed by atoms with Gasteiger partial charge in [0.15, 0.2) is 11.5 Å². The van der Waals surface area contributed by atoms with E-state index in [4.69, 9.17) is 14.6 Å². The van der Waals surface area contributed by atoms with Crippen LogP contribution in [-0.2, 0) is 0 Å². The van der Waals surface area contributed by atoms with Crippen LogP contribution in [0.4, 0.5) is 0 Å². The van der Waals surface area contributed by atoms with E-state index in [1.165, 1.54) is 20.3 Å². The fourth-order valence-electron chi connectivity index (χ4n) is 1.51. The predicted molar refractivity (Wildman–Crippen MR) is 64.4 cm³/mol. The van der Waals surface area contributed by atoms with Gasteiger partial charge in [0.05, 0.1) is 18.7 Å². The molecule has 4 nitrogen and oxygen atoms in total. The number of methoxy groups -OCH3 is 2. The van der Waals surface area contributed by atoms with Gasteiger partial charge in [-0.25, -0.2) is 0 Å². The zero-order valence-electron chi connectivity index (χ0n) is 9.45. The van der Waals surface area contributed by atoms with E-state index in [9.17, 15) is 5.11 Å². The molecule has 5 heteroatoms. The highest BCUT2D eigenvalue weighted by Crippen LogP contribution is 2.45. The molecule has 2 N–H and O–H groups in total. The van der Waals surface area contributed by atoms with Gasteiger partial charge >= 0.3 is 0 Å². The molecule has 0 spiro atoms. The maximum atomic E-state index is 9.85. The largest absolute Gasteiger partial charge is 0.507 e. The highest BCUT2D eigenvalue weighted by Gasteiger charge is 2.21. The number of hydrogen-bond acceptors (Lipinski definition) is 4. The van der Waals surface area contributed by atoms with E-state index in [2.05, 4.69) is 15.9 Å². The maximum absolute atomic E-state index is 9.85. The van der Waals surface area contributed by atoms with Gasteiger partial charge in [0.1, 0.15) is 5.75 Å². The van der Waals surface area contributed by atoms with Crippen molar-refractivity contribution >= 4 is 15.9 Å². The van der Waals surface area contributed by atoms with Crippen LogP contribution in [0.25, 0.3) is 0 Å². The zero-order valence-corrected chi connectivity index (χ0v) is 11.0. The summed E-state index contributed by atoms with van der Waals surface area (Å²) in [4.78, 5) is 0. The molecular formula is C11H15BrO4. The second-order valence-electron chi connectivity index (χ2n) is 3.44. The highest BCUT2D eigenvalue weighted by atomic mass is 79.9. The van der Waals surface area contributed by atoms with Crippen LogP contribution in [0.5, 0.6) is 17.2 Å². The Morgan fingerprint density at radius 1 is 1.38 bits per heavy atom. The zero-order chi connectivity index (χ0) is 12.3. The average molecular weight is 291 g/mol. The number of phenols is 1. The number of phenolic OH excluding ortho intramolecular Hbond substituents is 1. The molecule has 0 fully saturated rings. The number of ether oxygens (including phenoxy) is 2. The van der Waals surface area contributed by atoms with E-state index >= 15 is 0 Å². The van der Waals surface area contributed by atoms with Crippen LogP contribution in [0, 0.1) is 0 Å². The van der Waals surface area contributed by atoms with E-state index in [1.807, 2.05) is 6.92 Å². The molecule has 0 aromatic heterocycles. The molecule has 0 heterocycles. The van der Waals surface area contributed by atoms with Gasteiger partial charge in [-0.3, -0.25) is 0 Å². The molecule has 0 saturated carbocycles. The Morgan fingerprint density at radius 2 is 2.00 bits per heavy atom. The second-order valence-corrected chi connectivity index (χ2v) is 4.24. The molecule has 1 atom stereocenters. The number of benzene rings is 1. The average Bonchev–Trinajstić information content (AvgIpc) is 2.27. The van der Waals surface area contributed by atoms with Crippen molar-refractivity contribution in [1.29, 1.82) is 0 Å². The number of rotatable bonds is 4. The number of aliphatic hydroxyl groups excluding tert-OH is 1. The topological polar surface area (TPSA) is 58.9 Å². The molecule has 0 saturated heterocycles. The first-order chi connectivity index (χ1) is 7.56. The molecule has 16 heavy (non-hydrogen) atoms. The van der Waals surface area contributed by atoms with Crippen LogP contribution < -0.4 is 9.47 Å². The smallest absolute Gasteiger partial charge is 0.175 e. The standard InChI is InChI=1S/C11H15BrO4/c1-6(5-13)9-7(14)4-8(15-2)11(16-3)10(9)12/h4,6,13-14H,5H2,1-3H3. The number of hydrogen-bond donors (Lipinski definition) is 2. The summed E-state index contributed by atoms with van der Waals surface area (Å²) in [5.41, 5.74) is 0.611. The fraction of sp³-hybridized carbons (Fsp3) is 0.455. The Balaban J connectivity index is 3.40. The molecule has 1 rings (SSSR count). The Morgan fingerprint density at radius 3 is 2.44 bits per heavy atom. The molecule has 0 bridgehead atoms.